The van der Waals surface area contributed by atoms with Gasteiger partial charge < -0.3 is 9.47 Å². The topological polar surface area (TPSA) is 35.5 Å². The zero-order chi connectivity index (χ0) is 14.8. The number of ether oxygens (including phenoxy) is 2. The van der Waals surface area contributed by atoms with Crippen LogP contribution in [0.4, 0.5) is 0 Å². The van der Waals surface area contributed by atoms with Gasteiger partial charge in [0.15, 0.2) is 0 Å². The van der Waals surface area contributed by atoms with Gasteiger partial charge in [-0.05, 0) is 47.8 Å². The van der Waals surface area contributed by atoms with Crippen LogP contribution in [0.25, 0.3) is 10.1 Å². The van der Waals surface area contributed by atoms with Crippen LogP contribution in [0.3, 0.4) is 0 Å². The predicted octanol–water partition coefficient (Wildman–Crippen LogP) is 4.77. The molecule has 106 valence electrons. The minimum absolute atomic E-state index is 0.374. The molecule has 0 spiro atoms. The van der Waals surface area contributed by atoms with Crippen molar-refractivity contribution in [2.24, 2.45) is 0 Å². The number of thiophene rings is 1. The molecule has 0 aliphatic carbocycles. The summed E-state index contributed by atoms with van der Waals surface area (Å²) >= 11 is 5.80. The molecule has 0 amide bonds. The standard InChI is InChI=1S/C16H12O3S2/c1-18-16(17)10-8-14(13-6-7-21-15(13)9-10)19-11-2-4-12(20)5-3-11/h2-9,20H,1H3. The zero-order valence-electron chi connectivity index (χ0n) is 11.2. The van der Waals surface area contributed by atoms with Crippen molar-refractivity contribution in [2.45, 2.75) is 4.90 Å². The fourth-order valence-corrected chi connectivity index (χ4v) is 2.99. The normalized spacial score (nSPS) is 10.6. The third-order valence-electron chi connectivity index (χ3n) is 3.02. The first-order valence-electron chi connectivity index (χ1n) is 6.24. The van der Waals surface area contributed by atoms with Crippen molar-refractivity contribution in [1.82, 2.24) is 0 Å². The molecule has 21 heavy (non-hydrogen) atoms. The number of rotatable bonds is 3. The number of benzene rings is 2. The van der Waals surface area contributed by atoms with Gasteiger partial charge in [-0.2, -0.15) is 0 Å². The summed E-state index contributed by atoms with van der Waals surface area (Å²) in [5.41, 5.74) is 0.480. The number of methoxy groups -OCH3 is 1. The van der Waals surface area contributed by atoms with Gasteiger partial charge in [-0.3, -0.25) is 0 Å². The molecule has 0 saturated heterocycles. The Labute approximate surface area is 131 Å². The third kappa shape index (κ3) is 2.89. The van der Waals surface area contributed by atoms with E-state index >= 15 is 0 Å². The molecule has 0 bridgehead atoms. The van der Waals surface area contributed by atoms with Crippen LogP contribution in [0.2, 0.25) is 0 Å². The van der Waals surface area contributed by atoms with E-state index in [4.69, 9.17) is 9.47 Å². The first-order valence-corrected chi connectivity index (χ1v) is 7.56. The monoisotopic (exact) mass is 316 g/mol. The number of esters is 1. The molecule has 0 atom stereocenters. The third-order valence-corrected chi connectivity index (χ3v) is 4.18. The molecule has 1 heterocycles. The molecule has 0 N–H and O–H groups in total. The highest BCUT2D eigenvalue weighted by atomic mass is 32.1. The zero-order valence-corrected chi connectivity index (χ0v) is 12.9. The van der Waals surface area contributed by atoms with Gasteiger partial charge in [0.25, 0.3) is 0 Å². The van der Waals surface area contributed by atoms with Gasteiger partial charge in [0.1, 0.15) is 11.5 Å². The van der Waals surface area contributed by atoms with Gasteiger partial charge in [0.05, 0.1) is 12.7 Å². The SMILES string of the molecule is COC(=O)c1cc(Oc2ccc(S)cc2)c2ccsc2c1. The molecular weight excluding hydrogens is 304 g/mol. The van der Waals surface area contributed by atoms with Crippen molar-refractivity contribution < 1.29 is 14.3 Å². The maximum absolute atomic E-state index is 11.7. The molecule has 0 aliphatic rings. The number of carbonyl (C=O) groups excluding carboxylic acids is 1. The Kier molecular flexibility index (Phi) is 3.86. The summed E-state index contributed by atoms with van der Waals surface area (Å²) in [6.45, 7) is 0. The summed E-state index contributed by atoms with van der Waals surface area (Å²) in [6.07, 6.45) is 0. The number of fused-ring (bicyclic) bond motifs is 1. The smallest absolute Gasteiger partial charge is 0.338 e. The van der Waals surface area contributed by atoms with E-state index in [0.717, 1.165) is 15.0 Å². The molecule has 2 aromatic carbocycles. The van der Waals surface area contributed by atoms with E-state index in [1.807, 2.05) is 41.8 Å². The van der Waals surface area contributed by atoms with Crippen LogP contribution in [-0.2, 0) is 4.74 Å². The second-order valence-electron chi connectivity index (χ2n) is 4.39. The molecule has 0 radical (unpaired) electrons. The largest absolute Gasteiger partial charge is 0.465 e. The van der Waals surface area contributed by atoms with Crippen LogP contribution < -0.4 is 4.74 Å². The highest BCUT2D eigenvalue weighted by Gasteiger charge is 2.13. The maximum Gasteiger partial charge on any atom is 0.338 e. The van der Waals surface area contributed by atoms with E-state index in [1.54, 1.807) is 17.4 Å². The fraction of sp³-hybridized carbons (Fsp3) is 0.0625. The van der Waals surface area contributed by atoms with E-state index in [0.29, 0.717) is 17.1 Å². The van der Waals surface area contributed by atoms with E-state index in [1.165, 1.54) is 7.11 Å². The van der Waals surface area contributed by atoms with Crippen LogP contribution in [0.1, 0.15) is 10.4 Å². The fourth-order valence-electron chi connectivity index (χ4n) is 2.00. The van der Waals surface area contributed by atoms with Gasteiger partial charge in [0, 0.05) is 15.0 Å². The molecule has 5 heteroatoms. The minimum Gasteiger partial charge on any atom is -0.465 e. The molecule has 0 unspecified atom stereocenters. The van der Waals surface area contributed by atoms with E-state index in [9.17, 15) is 4.79 Å². The van der Waals surface area contributed by atoms with E-state index in [2.05, 4.69) is 12.6 Å². The van der Waals surface area contributed by atoms with Gasteiger partial charge >= 0.3 is 5.97 Å². The lowest BCUT2D eigenvalue weighted by atomic mass is 10.1. The summed E-state index contributed by atoms with van der Waals surface area (Å²) in [6, 6.07) is 12.9. The summed E-state index contributed by atoms with van der Waals surface area (Å²) < 4.78 is 11.7. The van der Waals surface area contributed by atoms with Crippen LogP contribution in [0.15, 0.2) is 52.7 Å². The minimum atomic E-state index is -0.374. The average molecular weight is 316 g/mol. The second kappa shape index (κ2) is 5.79. The summed E-state index contributed by atoms with van der Waals surface area (Å²) in [5, 5.41) is 2.94. The highest BCUT2D eigenvalue weighted by Crippen LogP contribution is 2.34. The van der Waals surface area contributed by atoms with Crippen molar-refractivity contribution in [3.05, 3.63) is 53.4 Å². The van der Waals surface area contributed by atoms with Crippen molar-refractivity contribution in [3.63, 3.8) is 0 Å². The Balaban J connectivity index is 2.05. The van der Waals surface area contributed by atoms with Crippen molar-refractivity contribution >= 4 is 40.0 Å². The Morgan fingerprint density at radius 2 is 1.90 bits per heavy atom. The maximum atomic E-state index is 11.7. The predicted molar refractivity (Wildman–Crippen MR) is 86.9 cm³/mol. The van der Waals surface area contributed by atoms with Crippen LogP contribution >= 0.6 is 24.0 Å². The molecule has 0 fully saturated rings. The summed E-state index contributed by atoms with van der Waals surface area (Å²) in [7, 11) is 1.37. The van der Waals surface area contributed by atoms with Crippen LogP contribution in [-0.4, -0.2) is 13.1 Å². The molecule has 0 saturated carbocycles. The Bertz CT molecular complexity index is 791. The van der Waals surface area contributed by atoms with Gasteiger partial charge in [-0.25, -0.2) is 4.79 Å². The van der Waals surface area contributed by atoms with Gasteiger partial charge in [-0.1, -0.05) is 0 Å². The van der Waals surface area contributed by atoms with E-state index < -0.39 is 0 Å². The number of hydrogen-bond acceptors (Lipinski definition) is 5. The Morgan fingerprint density at radius 3 is 2.62 bits per heavy atom. The lowest BCUT2D eigenvalue weighted by molar-refractivity contribution is 0.0600. The second-order valence-corrected chi connectivity index (χ2v) is 5.86. The molecule has 3 aromatic rings. The first kappa shape index (κ1) is 14.0. The summed E-state index contributed by atoms with van der Waals surface area (Å²) in [4.78, 5) is 12.6. The molecule has 3 rings (SSSR count). The number of thiol groups is 1. The highest BCUT2D eigenvalue weighted by molar-refractivity contribution is 7.80. The summed E-state index contributed by atoms with van der Waals surface area (Å²) in [5.74, 6) is 0.962. The lowest BCUT2D eigenvalue weighted by Gasteiger charge is -2.09. The van der Waals surface area contributed by atoms with Crippen molar-refractivity contribution in [3.8, 4) is 11.5 Å². The lowest BCUT2D eigenvalue weighted by Crippen LogP contribution is -2.01. The molecule has 3 nitrogen and oxygen atoms in total. The Morgan fingerprint density at radius 1 is 1.14 bits per heavy atom. The van der Waals surface area contributed by atoms with Crippen molar-refractivity contribution in [2.75, 3.05) is 7.11 Å². The van der Waals surface area contributed by atoms with Crippen molar-refractivity contribution in [1.29, 1.82) is 0 Å². The first-order chi connectivity index (χ1) is 10.2. The van der Waals surface area contributed by atoms with E-state index in [-0.39, 0.29) is 5.97 Å². The van der Waals surface area contributed by atoms with Gasteiger partial charge in [0.2, 0.25) is 0 Å². The average Bonchev–Trinajstić information content (AvgIpc) is 2.97. The number of hydrogen-bond donors (Lipinski definition) is 1. The Hall–Kier alpha value is -1.98. The van der Waals surface area contributed by atoms with Gasteiger partial charge in [-0.15, -0.1) is 24.0 Å². The van der Waals surface area contributed by atoms with Crippen LogP contribution in [0.5, 0.6) is 11.5 Å². The molecular formula is C16H12O3S2. The van der Waals surface area contributed by atoms with Crippen LogP contribution in [0, 0.1) is 0 Å². The molecule has 0 aliphatic heterocycles. The quantitative estimate of drug-likeness (QED) is 0.558. The number of carbonyl (C=O) groups is 1. The molecule has 1 aromatic heterocycles.